The van der Waals surface area contributed by atoms with Gasteiger partial charge in [-0.05, 0) is 25.9 Å². The molecule has 0 aliphatic carbocycles. The highest BCUT2D eigenvalue weighted by molar-refractivity contribution is 6.64. The molecule has 0 atom stereocenters. The highest BCUT2D eigenvalue weighted by atomic mass is 28.4. The van der Waals surface area contributed by atoms with Gasteiger partial charge >= 0.3 is 8.56 Å². The van der Waals surface area contributed by atoms with Crippen molar-refractivity contribution in [1.82, 2.24) is 0 Å². The maximum atomic E-state index is 6.12. The average molecular weight is 443 g/mol. The number of rotatable bonds is 25. The minimum atomic E-state index is -1.89. The summed E-state index contributed by atoms with van der Waals surface area (Å²) in [5, 5.41) is 0. The molecule has 0 saturated heterocycles. The van der Waals surface area contributed by atoms with Crippen LogP contribution >= 0.6 is 0 Å². The molecule has 0 aliphatic rings. The minimum absolute atomic E-state index is 0.896. The summed E-state index contributed by atoms with van der Waals surface area (Å²) in [6, 6.07) is 0. The molecular weight excluding hydrogens is 384 g/mol. The molecule has 0 spiro atoms. The Balaban J connectivity index is 3.28. The van der Waals surface area contributed by atoms with Gasteiger partial charge in [0.25, 0.3) is 0 Å². The molecule has 0 saturated carbocycles. The van der Waals surface area contributed by atoms with E-state index in [-0.39, 0.29) is 0 Å². The van der Waals surface area contributed by atoms with E-state index in [1.807, 2.05) is 0 Å². The number of unbranched alkanes of at least 4 members (excludes halogenated alkanes) is 19. The average Bonchev–Trinajstić information content (AvgIpc) is 2.72. The lowest BCUT2D eigenvalue weighted by molar-refractivity contribution is 0.172. The quantitative estimate of drug-likeness (QED) is 0.103. The summed E-state index contributed by atoms with van der Waals surface area (Å²) in [6.45, 7) is 10.8. The second-order valence-electron chi connectivity index (χ2n) is 9.81. The molecule has 3 heteroatoms. The van der Waals surface area contributed by atoms with Gasteiger partial charge in [0.1, 0.15) is 0 Å². The van der Waals surface area contributed by atoms with Crippen molar-refractivity contribution in [2.24, 2.45) is 0 Å². The van der Waals surface area contributed by atoms with E-state index in [1.54, 1.807) is 0 Å². The van der Waals surface area contributed by atoms with Gasteiger partial charge in [0.05, 0.1) is 0 Å². The van der Waals surface area contributed by atoms with E-state index < -0.39 is 8.56 Å². The summed E-state index contributed by atoms with van der Waals surface area (Å²) in [4.78, 5) is 0. The molecule has 0 aromatic carbocycles. The van der Waals surface area contributed by atoms with Gasteiger partial charge in [0.2, 0.25) is 0 Å². The topological polar surface area (TPSA) is 18.5 Å². The Morgan fingerprint density at radius 2 is 0.600 bits per heavy atom. The molecule has 0 aromatic heterocycles. The van der Waals surface area contributed by atoms with E-state index in [9.17, 15) is 0 Å². The zero-order valence-corrected chi connectivity index (χ0v) is 22.6. The van der Waals surface area contributed by atoms with Crippen LogP contribution in [0.1, 0.15) is 149 Å². The maximum absolute atomic E-state index is 6.12. The van der Waals surface area contributed by atoms with Gasteiger partial charge in [0, 0.05) is 13.2 Å². The summed E-state index contributed by atoms with van der Waals surface area (Å²) < 4.78 is 12.2. The maximum Gasteiger partial charge on any atom is 0.331 e. The predicted molar refractivity (Wildman–Crippen MR) is 138 cm³/mol. The molecule has 0 fully saturated rings. The second kappa shape index (κ2) is 23.8. The van der Waals surface area contributed by atoms with E-state index in [1.165, 1.54) is 135 Å². The first-order chi connectivity index (χ1) is 14.6. The third kappa shape index (κ3) is 24.4. The third-order valence-electron chi connectivity index (χ3n) is 6.15. The molecule has 0 bridgehead atoms. The smallest absolute Gasteiger partial charge is 0.331 e. The van der Waals surface area contributed by atoms with Gasteiger partial charge in [-0.3, -0.25) is 0 Å². The molecule has 0 heterocycles. The Morgan fingerprint density at radius 1 is 0.367 bits per heavy atom. The second-order valence-corrected chi connectivity index (χ2v) is 13.2. The minimum Gasteiger partial charge on any atom is -0.395 e. The van der Waals surface area contributed by atoms with Gasteiger partial charge in [0.15, 0.2) is 0 Å². The molecule has 0 aliphatic heterocycles. The first kappa shape index (κ1) is 30.1. The largest absolute Gasteiger partial charge is 0.395 e. The zero-order chi connectivity index (χ0) is 22.2. The fourth-order valence-electron chi connectivity index (χ4n) is 4.03. The first-order valence-corrected chi connectivity index (χ1v) is 16.7. The highest BCUT2D eigenvalue weighted by Crippen LogP contribution is 2.14. The van der Waals surface area contributed by atoms with Gasteiger partial charge in [-0.15, -0.1) is 0 Å². The summed E-state index contributed by atoms with van der Waals surface area (Å²) in [6.07, 6.45) is 29.1. The van der Waals surface area contributed by atoms with Gasteiger partial charge < -0.3 is 8.85 Å². The molecule has 0 radical (unpaired) electrons. The fraction of sp³-hybridized carbons (Fsp3) is 1.00. The summed E-state index contributed by atoms with van der Waals surface area (Å²) >= 11 is 0. The van der Waals surface area contributed by atoms with Crippen molar-refractivity contribution in [2.45, 2.75) is 162 Å². The van der Waals surface area contributed by atoms with Crippen LogP contribution in [-0.4, -0.2) is 21.8 Å². The van der Waals surface area contributed by atoms with Crippen molar-refractivity contribution in [1.29, 1.82) is 0 Å². The van der Waals surface area contributed by atoms with Crippen molar-refractivity contribution in [3.8, 4) is 0 Å². The van der Waals surface area contributed by atoms with Crippen LogP contribution in [0.4, 0.5) is 0 Å². The molecule has 0 amide bonds. The zero-order valence-electron chi connectivity index (χ0n) is 21.6. The molecule has 0 unspecified atom stereocenters. The molecule has 0 rings (SSSR count). The standard InChI is InChI=1S/C27H58O2Si/c1-5-7-9-11-13-15-16-17-18-19-21-23-25-27-29-30(3,4)28-26-24-22-20-14-12-10-8-6-2/h5-27H2,1-4H3. The van der Waals surface area contributed by atoms with Crippen LogP contribution < -0.4 is 0 Å². The fourth-order valence-corrected chi connectivity index (χ4v) is 5.39. The highest BCUT2D eigenvalue weighted by Gasteiger charge is 2.23. The van der Waals surface area contributed by atoms with E-state index in [4.69, 9.17) is 8.85 Å². The van der Waals surface area contributed by atoms with Gasteiger partial charge in [-0.2, -0.15) is 0 Å². The van der Waals surface area contributed by atoms with Crippen LogP contribution in [0, 0.1) is 0 Å². The number of hydrogen-bond acceptors (Lipinski definition) is 2. The van der Waals surface area contributed by atoms with Crippen LogP contribution in [0.15, 0.2) is 0 Å². The van der Waals surface area contributed by atoms with Crippen molar-refractivity contribution >= 4 is 8.56 Å². The lowest BCUT2D eigenvalue weighted by Crippen LogP contribution is -2.35. The SMILES string of the molecule is CCCCCCCCCCCCCCCO[Si](C)(C)OCCCCCCCCCC. The van der Waals surface area contributed by atoms with Crippen molar-refractivity contribution < 1.29 is 8.85 Å². The van der Waals surface area contributed by atoms with Gasteiger partial charge in [-0.25, -0.2) is 0 Å². The van der Waals surface area contributed by atoms with E-state index >= 15 is 0 Å². The Labute approximate surface area is 192 Å². The molecule has 182 valence electrons. The molecular formula is C27H58O2Si. The monoisotopic (exact) mass is 442 g/mol. The van der Waals surface area contributed by atoms with E-state index in [0.717, 1.165) is 13.2 Å². The Hall–Kier alpha value is 0.137. The third-order valence-corrected chi connectivity index (χ3v) is 7.94. The lowest BCUT2D eigenvalue weighted by Gasteiger charge is -2.23. The Bertz CT molecular complexity index is 320. The van der Waals surface area contributed by atoms with Crippen molar-refractivity contribution in [3.63, 3.8) is 0 Å². The first-order valence-electron chi connectivity index (χ1n) is 13.9. The predicted octanol–water partition coefficient (Wildman–Crippen LogP) is 9.95. The molecule has 30 heavy (non-hydrogen) atoms. The normalized spacial score (nSPS) is 12.0. The molecule has 0 aromatic rings. The van der Waals surface area contributed by atoms with E-state index in [2.05, 4.69) is 26.9 Å². The summed E-state index contributed by atoms with van der Waals surface area (Å²) in [7, 11) is -1.89. The van der Waals surface area contributed by atoms with Crippen LogP contribution in [0.5, 0.6) is 0 Å². The summed E-state index contributed by atoms with van der Waals surface area (Å²) in [5.74, 6) is 0. The number of hydrogen-bond donors (Lipinski definition) is 0. The molecule has 2 nitrogen and oxygen atoms in total. The van der Waals surface area contributed by atoms with Crippen LogP contribution in [0.25, 0.3) is 0 Å². The Kier molecular flexibility index (Phi) is 23.9. The van der Waals surface area contributed by atoms with Gasteiger partial charge in [-0.1, -0.05) is 136 Å². The lowest BCUT2D eigenvalue weighted by atomic mass is 10.0. The van der Waals surface area contributed by atoms with Crippen LogP contribution in [-0.2, 0) is 8.85 Å². The van der Waals surface area contributed by atoms with Crippen molar-refractivity contribution in [2.75, 3.05) is 13.2 Å². The summed E-state index contributed by atoms with van der Waals surface area (Å²) in [5.41, 5.74) is 0. The Morgan fingerprint density at radius 3 is 0.867 bits per heavy atom. The van der Waals surface area contributed by atoms with Crippen LogP contribution in [0.3, 0.4) is 0 Å². The van der Waals surface area contributed by atoms with Crippen molar-refractivity contribution in [3.05, 3.63) is 0 Å². The van der Waals surface area contributed by atoms with E-state index in [0.29, 0.717) is 0 Å². The van der Waals surface area contributed by atoms with Crippen LogP contribution in [0.2, 0.25) is 13.1 Å². The molecule has 0 N–H and O–H groups in total.